The minimum atomic E-state index is -4.00. The van der Waals surface area contributed by atoms with E-state index >= 15 is 0 Å². The molecule has 1 aliphatic carbocycles. The van der Waals surface area contributed by atoms with Crippen molar-refractivity contribution in [2.24, 2.45) is 34.4 Å². The van der Waals surface area contributed by atoms with E-state index in [1.807, 2.05) is 0 Å². The average molecular weight is 775 g/mol. The van der Waals surface area contributed by atoms with Gasteiger partial charge in [0.1, 0.15) is 54.9 Å². The predicted octanol–water partition coefficient (Wildman–Crippen LogP) is -7.97. The summed E-state index contributed by atoms with van der Waals surface area (Å²) in [6, 6.07) is -4.70. The van der Waals surface area contributed by atoms with Crippen LogP contribution in [0.15, 0.2) is 12.2 Å². The number of hydrogen-bond donors (Lipinski definition) is 14. The second-order valence-corrected chi connectivity index (χ2v) is 13.6. The quantitative estimate of drug-likeness (QED) is 0.0482. The normalized spacial score (nSPS) is 42.8. The molecule has 0 spiro atoms. The van der Waals surface area contributed by atoms with Crippen molar-refractivity contribution in [1.29, 1.82) is 0 Å². The lowest BCUT2D eigenvalue weighted by Crippen LogP contribution is -2.67. The molecule has 0 unspecified atom stereocenters. The van der Waals surface area contributed by atoms with Crippen molar-refractivity contribution in [2.45, 2.75) is 129 Å². The van der Waals surface area contributed by atoms with Crippen LogP contribution in [0.5, 0.6) is 0 Å². The Morgan fingerprint density at radius 1 is 0.868 bits per heavy atom. The molecule has 0 aromatic rings. The number of carbonyl (C=O) groups is 1. The number of carbonyl (C=O) groups excluding carboxylic acids is 1. The lowest BCUT2D eigenvalue weighted by atomic mass is 9.83. The van der Waals surface area contributed by atoms with Gasteiger partial charge in [0.05, 0.1) is 37.4 Å². The second-order valence-electron chi connectivity index (χ2n) is 13.6. The summed E-state index contributed by atoms with van der Waals surface area (Å²) in [5, 5.41) is 69.0. The van der Waals surface area contributed by atoms with E-state index in [4.69, 9.17) is 62.8 Å². The van der Waals surface area contributed by atoms with Crippen molar-refractivity contribution in [3.8, 4) is 0 Å². The van der Waals surface area contributed by atoms with Crippen molar-refractivity contribution in [2.75, 3.05) is 39.3 Å². The number of aliphatic hydroxyl groups is 6. The zero-order valence-electron chi connectivity index (χ0n) is 29.0. The van der Waals surface area contributed by atoms with E-state index in [1.165, 1.54) is 0 Å². The first kappa shape index (κ1) is 44.0. The van der Waals surface area contributed by atoms with E-state index in [1.54, 1.807) is 12.2 Å². The highest BCUT2D eigenvalue weighted by Gasteiger charge is 2.54. The van der Waals surface area contributed by atoms with Crippen LogP contribution in [0.4, 0.5) is 8.78 Å². The zero-order valence-corrected chi connectivity index (χ0v) is 29.0. The Bertz CT molecular complexity index is 1190. The fourth-order valence-corrected chi connectivity index (χ4v) is 6.51. The van der Waals surface area contributed by atoms with E-state index in [0.29, 0.717) is 19.6 Å². The van der Waals surface area contributed by atoms with Gasteiger partial charge in [0, 0.05) is 19.1 Å². The van der Waals surface area contributed by atoms with E-state index in [9.17, 15) is 44.2 Å². The first-order chi connectivity index (χ1) is 25.1. The SMILES string of the molecule is NCCCNC[C@@H]1C=C[C@@H](N)[C@@H](O[C@H]2[C@H](O[C@@H]3O[C@H](CO)[C@@H](O[C@H]4O[C@@H](CN)[C@@H](O)[C@H](O)[C@H]4N)[C@H]3O)[C@@H](O)[C@H](NC(=O)[C@@H](O)C(F)(F)CN)C[C@@H]2N)O1. The summed E-state index contributed by atoms with van der Waals surface area (Å²) in [5.74, 6) is -5.55. The van der Waals surface area contributed by atoms with Gasteiger partial charge in [-0.1, -0.05) is 12.2 Å². The molecule has 18 atom stereocenters. The van der Waals surface area contributed by atoms with Crippen LogP contribution in [0.2, 0.25) is 0 Å². The van der Waals surface area contributed by atoms with Crippen LogP contribution in [-0.2, 0) is 33.2 Å². The summed E-state index contributed by atoms with van der Waals surface area (Å²) in [6.07, 6.45) is -17.2. The number of nitrogens with one attached hydrogen (secondary N) is 2. The number of alkyl halides is 2. The summed E-state index contributed by atoms with van der Waals surface area (Å²) in [5.41, 5.74) is 35.0. The maximum Gasteiger partial charge on any atom is 0.294 e. The molecule has 0 aromatic carbocycles. The monoisotopic (exact) mass is 774 g/mol. The number of ether oxygens (including phenoxy) is 6. The highest BCUT2D eigenvalue weighted by Crippen LogP contribution is 2.34. The van der Waals surface area contributed by atoms with Gasteiger partial charge < -0.3 is 104 Å². The maximum absolute atomic E-state index is 14.1. The summed E-state index contributed by atoms with van der Waals surface area (Å²) in [4.78, 5) is 12.7. The van der Waals surface area contributed by atoms with Gasteiger partial charge in [-0.05, 0) is 25.9 Å². The Balaban J connectivity index is 1.55. The molecule has 3 heterocycles. The Labute approximate surface area is 304 Å². The lowest BCUT2D eigenvalue weighted by Gasteiger charge is -2.46. The zero-order chi connectivity index (χ0) is 39.2. The average Bonchev–Trinajstić information content (AvgIpc) is 3.43. The largest absolute Gasteiger partial charge is 0.394 e. The van der Waals surface area contributed by atoms with Gasteiger partial charge in [0.25, 0.3) is 11.8 Å². The van der Waals surface area contributed by atoms with Crippen molar-refractivity contribution < 1.29 is 72.6 Å². The minimum absolute atomic E-state index is 0.223. The third-order valence-corrected chi connectivity index (χ3v) is 9.67. The molecule has 4 aliphatic rings. The van der Waals surface area contributed by atoms with Crippen molar-refractivity contribution >= 4 is 5.91 Å². The minimum Gasteiger partial charge on any atom is -0.394 e. The molecule has 3 fully saturated rings. The van der Waals surface area contributed by atoms with Crippen LogP contribution in [0.3, 0.4) is 0 Å². The molecule has 1 saturated carbocycles. The Morgan fingerprint density at radius 3 is 2.17 bits per heavy atom. The first-order valence-corrected chi connectivity index (χ1v) is 17.5. The molecule has 4 rings (SSSR count). The molecule has 20 N–H and O–H groups in total. The third kappa shape index (κ3) is 10.4. The Kier molecular flexibility index (Phi) is 16.2. The number of aliphatic hydroxyl groups excluding tert-OH is 6. The number of amides is 1. The van der Waals surface area contributed by atoms with Gasteiger partial charge in [-0.3, -0.25) is 4.79 Å². The molecule has 23 heteroatoms. The van der Waals surface area contributed by atoms with Crippen molar-refractivity contribution in [3.63, 3.8) is 0 Å². The van der Waals surface area contributed by atoms with Gasteiger partial charge in [0.15, 0.2) is 25.0 Å². The molecule has 1 amide bonds. The Hall–Kier alpha value is -1.69. The molecule has 0 aromatic heterocycles. The fraction of sp³-hybridized carbons (Fsp3) is 0.900. The summed E-state index contributed by atoms with van der Waals surface area (Å²) >= 11 is 0. The molecule has 2 saturated heterocycles. The highest BCUT2D eigenvalue weighted by atomic mass is 19.3. The molecular weight excluding hydrogens is 718 g/mol. The maximum atomic E-state index is 14.1. The molecular formula is C30H56F2N8O13. The van der Waals surface area contributed by atoms with Gasteiger partial charge in [0.2, 0.25) is 0 Å². The predicted molar refractivity (Wildman–Crippen MR) is 177 cm³/mol. The van der Waals surface area contributed by atoms with E-state index in [0.717, 1.165) is 6.42 Å². The highest BCUT2D eigenvalue weighted by molar-refractivity contribution is 5.82. The van der Waals surface area contributed by atoms with Gasteiger partial charge in [-0.2, -0.15) is 0 Å². The Morgan fingerprint density at radius 2 is 1.53 bits per heavy atom. The number of hydrogen-bond acceptors (Lipinski definition) is 20. The number of rotatable bonds is 17. The first-order valence-electron chi connectivity index (χ1n) is 17.5. The third-order valence-electron chi connectivity index (χ3n) is 9.67. The smallest absolute Gasteiger partial charge is 0.294 e. The van der Waals surface area contributed by atoms with Gasteiger partial charge in [-0.25, -0.2) is 8.78 Å². The summed E-state index contributed by atoms with van der Waals surface area (Å²) in [6.45, 7) is -0.835. The number of halogens is 2. The molecule has 308 valence electrons. The van der Waals surface area contributed by atoms with Crippen LogP contribution in [-0.4, -0.2) is 192 Å². The van der Waals surface area contributed by atoms with Gasteiger partial charge >= 0.3 is 0 Å². The summed E-state index contributed by atoms with van der Waals surface area (Å²) < 4.78 is 63.6. The second kappa shape index (κ2) is 19.4. The molecule has 0 radical (unpaired) electrons. The standard InChI is InChI=1S/C30H56F2N8O13/c31-30(32,10-35)25(46)26(47)40-14-6-13(37)22(51-27-12(36)3-2-11(48-27)8-39-5-1-4-33)24(18(14)42)53-29-21(45)23(16(9-41)50-29)52-28-17(38)20(44)19(43)15(7-34)49-28/h2-3,11-25,27-29,39,41-46H,1,4-10,33-38H2,(H,40,47)/t11-,12+,13-,14+,15-,16+,17+,18-,19+,20+,21+,22+,23+,24+,25+,27+,28+,29-/m0/s1. The lowest BCUT2D eigenvalue weighted by molar-refractivity contribution is -0.284. The number of nitrogens with two attached hydrogens (primary N) is 6. The van der Waals surface area contributed by atoms with E-state index in [-0.39, 0.29) is 13.0 Å². The molecule has 21 nitrogen and oxygen atoms in total. The molecule has 3 aliphatic heterocycles. The summed E-state index contributed by atoms with van der Waals surface area (Å²) in [7, 11) is 0. The van der Waals surface area contributed by atoms with E-state index in [2.05, 4.69) is 10.6 Å². The van der Waals surface area contributed by atoms with Crippen LogP contribution < -0.4 is 45.0 Å². The molecule has 53 heavy (non-hydrogen) atoms. The van der Waals surface area contributed by atoms with Crippen molar-refractivity contribution in [3.05, 3.63) is 12.2 Å². The van der Waals surface area contributed by atoms with Crippen molar-refractivity contribution in [1.82, 2.24) is 10.6 Å². The van der Waals surface area contributed by atoms with Crippen LogP contribution in [0.1, 0.15) is 12.8 Å². The van der Waals surface area contributed by atoms with E-state index < -0.39 is 135 Å². The van der Waals surface area contributed by atoms with Crippen LogP contribution >= 0.6 is 0 Å². The van der Waals surface area contributed by atoms with Crippen LogP contribution in [0, 0.1) is 0 Å². The van der Waals surface area contributed by atoms with Gasteiger partial charge in [-0.15, -0.1) is 0 Å². The fourth-order valence-electron chi connectivity index (χ4n) is 6.51. The topological polar surface area (TPSA) is 374 Å². The van der Waals surface area contributed by atoms with Crippen LogP contribution in [0.25, 0.3) is 0 Å². The molecule has 0 bridgehead atoms.